The summed E-state index contributed by atoms with van der Waals surface area (Å²) in [7, 11) is -2.80. The summed E-state index contributed by atoms with van der Waals surface area (Å²) in [6, 6.07) is 19.0. The average Bonchev–Trinajstić information content (AvgIpc) is 3.20. The Bertz CT molecular complexity index is 1020. The van der Waals surface area contributed by atoms with Crippen LogP contribution < -0.4 is 15.5 Å². The molecule has 1 amide bonds. The molecule has 0 unspecified atom stereocenters. The summed E-state index contributed by atoms with van der Waals surface area (Å²) in [6.45, 7) is 2.77. The first-order valence-corrected chi connectivity index (χ1v) is 14.4. The summed E-state index contributed by atoms with van der Waals surface area (Å²) < 4.78 is 23.3. The van der Waals surface area contributed by atoms with E-state index in [1.54, 1.807) is 0 Å². The zero-order valence-electron chi connectivity index (χ0n) is 19.9. The Hall–Kier alpha value is -2.38. The molecule has 0 spiro atoms. The van der Waals surface area contributed by atoms with E-state index >= 15 is 0 Å². The maximum Gasteiger partial charge on any atom is 0.224 e. The Kier molecular flexibility index (Phi) is 8.62. The van der Waals surface area contributed by atoms with Crippen molar-refractivity contribution in [1.82, 2.24) is 5.32 Å². The zero-order valence-corrected chi connectivity index (χ0v) is 20.7. The maximum atomic E-state index is 12.3. The van der Waals surface area contributed by atoms with Crippen LogP contribution in [0.3, 0.4) is 0 Å². The molecule has 2 aliphatic heterocycles. The highest BCUT2D eigenvalue weighted by atomic mass is 32.2. The van der Waals surface area contributed by atoms with Crippen molar-refractivity contribution in [2.75, 3.05) is 41.4 Å². The molecule has 2 fully saturated rings. The van der Waals surface area contributed by atoms with E-state index in [1.165, 1.54) is 11.3 Å². The Morgan fingerprint density at radius 1 is 0.941 bits per heavy atom. The predicted molar refractivity (Wildman–Crippen MR) is 139 cm³/mol. The van der Waals surface area contributed by atoms with Crippen molar-refractivity contribution in [2.45, 2.75) is 51.0 Å². The van der Waals surface area contributed by atoms with E-state index in [-0.39, 0.29) is 11.8 Å². The van der Waals surface area contributed by atoms with Gasteiger partial charge >= 0.3 is 0 Å². The van der Waals surface area contributed by atoms with Crippen LogP contribution in [0.1, 0.15) is 44.1 Å². The van der Waals surface area contributed by atoms with Crippen LogP contribution in [0.4, 0.5) is 11.4 Å². The van der Waals surface area contributed by atoms with Crippen molar-refractivity contribution >= 4 is 27.1 Å². The number of unbranched alkanes of at least 4 members (excludes halogenated alkanes) is 1. The molecule has 0 aliphatic carbocycles. The Morgan fingerprint density at radius 2 is 1.68 bits per heavy atom. The number of carbonyl (C=O) groups is 1. The largest absolute Gasteiger partial charge is 0.371 e. The molecule has 2 saturated heterocycles. The third kappa shape index (κ3) is 7.57. The van der Waals surface area contributed by atoms with Gasteiger partial charge in [-0.25, -0.2) is 8.42 Å². The van der Waals surface area contributed by atoms with Crippen LogP contribution in [0.25, 0.3) is 0 Å². The standard InChI is InChI=1S/C27H37N3O3S/c31-27(9-5-4-8-22-6-2-1-3-7-22)29-25-10-12-26(13-11-25)30-17-14-24(15-18-30)28-20-23-16-19-34(32,33)21-23/h1-3,6-7,10-13,23-24,28H,4-5,8-9,14-21H2,(H,29,31)/t23-/m0/s1. The number of nitrogens with zero attached hydrogens (tertiary/aromatic N) is 1. The van der Waals surface area contributed by atoms with Crippen molar-refractivity contribution < 1.29 is 13.2 Å². The summed E-state index contributed by atoms with van der Waals surface area (Å²) in [5.74, 6) is 1.04. The molecule has 4 rings (SSSR count). The van der Waals surface area contributed by atoms with Crippen molar-refractivity contribution in [3.8, 4) is 0 Å². The number of anilines is 2. The number of rotatable bonds is 10. The summed E-state index contributed by atoms with van der Waals surface area (Å²) in [5.41, 5.74) is 3.35. The van der Waals surface area contributed by atoms with E-state index in [1.807, 2.05) is 18.2 Å². The van der Waals surface area contributed by atoms with E-state index in [2.05, 4.69) is 51.9 Å². The lowest BCUT2D eigenvalue weighted by Crippen LogP contribution is -2.44. The first kappa shape index (κ1) is 24.7. The van der Waals surface area contributed by atoms with E-state index in [0.717, 1.165) is 63.8 Å². The van der Waals surface area contributed by atoms with E-state index in [0.29, 0.717) is 24.0 Å². The molecule has 184 valence electrons. The number of aryl methyl sites for hydroxylation is 1. The van der Waals surface area contributed by atoms with Gasteiger partial charge in [0.1, 0.15) is 0 Å². The Labute approximate surface area is 204 Å². The molecule has 0 aromatic heterocycles. The summed E-state index contributed by atoms with van der Waals surface area (Å²) in [6.07, 6.45) is 6.37. The fourth-order valence-electron chi connectivity index (χ4n) is 4.95. The second-order valence-electron chi connectivity index (χ2n) is 9.73. The van der Waals surface area contributed by atoms with Gasteiger partial charge in [-0.2, -0.15) is 0 Å². The van der Waals surface area contributed by atoms with Crippen LogP contribution in [0.15, 0.2) is 54.6 Å². The summed E-state index contributed by atoms with van der Waals surface area (Å²) in [4.78, 5) is 14.7. The fraction of sp³-hybridized carbons (Fsp3) is 0.519. The van der Waals surface area contributed by atoms with Gasteiger partial charge < -0.3 is 15.5 Å². The minimum absolute atomic E-state index is 0.0720. The number of carbonyl (C=O) groups excluding carboxylic acids is 1. The van der Waals surface area contributed by atoms with Gasteiger partial charge in [0.25, 0.3) is 0 Å². The van der Waals surface area contributed by atoms with Crippen molar-refractivity contribution in [1.29, 1.82) is 0 Å². The van der Waals surface area contributed by atoms with Gasteiger partial charge in [-0.05, 0) is 80.8 Å². The summed E-state index contributed by atoms with van der Waals surface area (Å²) >= 11 is 0. The molecule has 2 heterocycles. The van der Waals surface area contributed by atoms with Gasteiger partial charge in [-0.1, -0.05) is 30.3 Å². The fourth-order valence-corrected chi connectivity index (χ4v) is 6.81. The third-order valence-electron chi connectivity index (χ3n) is 7.00. The smallest absolute Gasteiger partial charge is 0.224 e. The number of amides is 1. The van der Waals surface area contributed by atoms with Gasteiger partial charge in [-0.15, -0.1) is 0 Å². The van der Waals surface area contributed by atoms with Crippen LogP contribution in [0.5, 0.6) is 0 Å². The molecule has 6 nitrogen and oxygen atoms in total. The molecule has 2 aromatic carbocycles. The van der Waals surface area contributed by atoms with Crippen LogP contribution >= 0.6 is 0 Å². The number of hydrogen-bond donors (Lipinski definition) is 2. The lowest BCUT2D eigenvalue weighted by Gasteiger charge is -2.34. The molecular weight excluding hydrogens is 446 g/mol. The predicted octanol–water partition coefficient (Wildman–Crippen LogP) is 4.03. The SMILES string of the molecule is O=C(CCCCc1ccccc1)Nc1ccc(N2CCC(NC[C@@H]3CCS(=O)(=O)C3)CC2)cc1. The highest BCUT2D eigenvalue weighted by Crippen LogP contribution is 2.23. The van der Waals surface area contributed by atoms with Crippen molar-refractivity contribution in [2.24, 2.45) is 5.92 Å². The molecule has 34 heavy (non-hydrogen) atoms. The molecule has 0 bridgehead atoms. The molecule has 0 radical (unpaired) electrons. The van der Waals surface area contributed by atoms with Gasteiger partial charge in [0.2, 0.25) is 5.91 Å². The monoisotopic (exact) mass is 483 g/mol. The lowest BCUT2D eigenvalue weighted by molar-refractivity contribution is -0.116. The number of piperidine rings is 1. The molecule has 2 aliphatic rings. The molecule has 2 N–H and O–H groups in total. The molecule has 1 atom stereocenters. The second-order valence-corrected chi connectivity index (χ2v) is 12.0. The number of nitrogens with one attached hydrogen (secondary N) is 2. The minimum atomic E-state index is -2.80. The zero-order chi connectivity index (χ0) is 23.8. The highest BCUT2D eigenvalue weighted by molar-refractivity contribution is 7.91. The molecule has 7 heteroatoms. The minimum Gasteiger partial charge on any atom is -0.371 e. The quantitative estimate of drug-likeness (QED) is 0.499. The first-order valence-electron chi connectivity index (χ1n) is 12.6. The van der Waals surface area contributed by atoms with Crippen molar-refractivity contribution in [3.05, 3.63) is 60.2 Å². The molecule has 0 saturated carbocycles. The van der Waals surface area contributed by atoms with Gasteiger partial charge in [0.15, 0.2) is 9.84 Å². The van der Waals surface area contributed by atoms with E-state index in [4.69, 9.17) is 0 Å². The third-order valence-corrected chi connectivity index (χ3v) is 8.83. The normalized spacial score (nSPS) is 20.4. The Balaban J connectivity index is 1.13. The number of benzene rings is 2. The van der Waals surface area contributed by atoms with Crippen LogP contribution in [0.2, 0.25) is 0 Å². The highest BCUT2D eigenvalue weighted by Gasteiger charge is 2.28. The number of hydrogen-bond acceptors (Lipinski definition) is 5. The lowest BCUT2D eigenvalue weighted by atomic mass is 10.0. The van der Waals surface area contributed by atoms with Gasteiger partial charge in [0, 0.05) is 36.9 Å². The topological polar surface area (TPSA) is 78.5 Å². The maximum absolute atomic E-state index is 12.3. The van der Waals surface area contributed by atoms with Crippen molar-refractivity contribution in [3.63, 3.8) is 0 Å². The first-order chi connectivity index (χ1) is 16.5. The number of sulfone groups is 1. The van der Waals surface area contributed by atoms with Crippen LogP contribution in [-0.4, -0.2) is 51.5 Å². The summed E-state index contributed by atoms with van der Waals surface area (Å²) in [5, 5.41) is 6.61. The van der Waals surface area contributed by atoms with Crippen LogP contribution in [-0.2, 0) is 21.1 Å². The van der Waals surface area contributed by atoms with E-state index < -0.39 is 9.84 Å². The average molecular weight is 484 g/mol. The van der Waals surface area contributed by atoms with Gasteiger partial charge in [-0.3, -0.25) is 4.79 Å². The van der Waals surface area contributed by atoms with E-state index in [9.17, 15) is 13.2 Å². The molecular formula is C27H37N3O3S. The second kappa shape index (κ2) is 11.8. The van der Waals surface area contributed by atoms with Crippen LogP contribution in [0, 0.1) is 5.92 Å². The van der Waals surface area contributed by atoms with Gasteiger partial charge in [0.05, 0.1) is 11.5 Å². The Morgan fingerprint density at radius 3 is 2.35 bits per heavy atom. The molecule has 2 aromatic rings.